The molecule has 166 valence electrons. The van der Waals surface area contributed by atoms with Crippen molar-refractivity contribution in [3.63, 3.8) is 0 Å². The minimum Gasteiger partial charge on any atom is -0.493 e. The number of esters is 1. The van der Waals surface area contributed by atoms with Gasteiger partial charge in [-0.3, -0.25) is 4.79 Å². The van der Waals surface area contributed by atoms with Gasteiger partial charge < -0.3 is 19.4 Å². The van der Waals surface area contributed by atoms with E-state index in [1.807, 2.05) is 24.3 Å². The zero-order chi connectivity index (χ0) is 22.2. The molecule has 0 fully saturated rings. The number of carbonyl (C=O) groups excluding carboxylic acids is 1. The van der Waals surface area contributed by atoms with Gasteiger partial charge in [0.25, 0.3) is 5.90 Å². The highest BCUT2D eigenvalue weighted by atomic mass is 35.5. The van der Waals surface area contributed by atoms with Gasteiger partial charge in [-0.05, 0) is 47.3 Å². The van der Waals surface area contributed by atoms with Gasteiger partial charge in [-0.2, -0.15) is 0 Å². The maximum Gasteiger partial charge on any atom is 0.309 e. The summed E-state index contributed by atoms with van der Waals surface area (Å²) < 4.78 is 16.2. The molecule has 8 heteroatoms. The van der Waals surface area contributed by atoms with Crippen molar-refractivity contribution in [2.45, 2.75) is 37.5 Å². The van der Waals surface area contributed by atoms with Gasteiger partial charge in [0.15, 0.2) is 0 Å². The van der Waals surface area contributed by atoms with E-state index in [9.17, 15) is 4.79 Å². The third-order valence-electron chi connectivity index (χ3n) is 4.91. The first kappa shape index (κ1) is 23.3. The fourth-order valence-corrected chi connectivity index (χ4v) is 4.61. The van der Waals surface area contributed by atoms with Crippen LogP contribution >= 0.6 is 23.4 Å². The van der Waals surface area contributed by atoms with Crippen LogP contribution in [0.25, 0.3) is 0 Å². The first-order valence-electron chi connectivity index (χ1n) is 10.2. The highest BCUT2D eigenvalue weighted by molar-refractivity contribution is 7.99. The van der Waals surface area contributed by atoms with Crippen LogP contribution in [0.2, 0.25) is 5.02 Å². The molecule has 0 unspecified atom stereocenters. The molecule has 0 bridgehead atoms. The van der Waals surface area contributed by atoms with Crippen molar-refractivity contribution in [1.82, 2.24) is 0 Å². The van der Waals surface area contributed by atoms with Crippen LogP contribution in [0, 0.1) is 0 Å². The topological polar surface area (TPSA) is 77.4 Å². The van der Waals surface area contributed by atoms with Crippen LogP contribution in [0.15, 0.2) is 62.9 Å². The van der Waals surface area contributed by atoms with Crippen LogP contribution < -0.4 is 0 Å². The normalized spacial score (nSPS) is 16.5. The summed E-state index contributed by atoms with van der Waals surface area (Å²) in [5.74, 6) is 1.67. The quantitative estimate of drug-likeness (QED) is 0.167. The lowest BCUT2D eigenvalue weighted by molar-refractivity contribution is -0.139. The minimum atomic E-state index is -0.283. The van der Waals surface area contributed by atoms with Crippen molar-refractivity contribution >= 4 is 35.2 Å². The maximum absolute atomic E-state index is 11.4. The van der Waals surface area contributed by atoms with Gasteiger partial charge in [-0.15, -0.1) is 11.8 Å². The molecule has 1 aliphatic heterocycles. The summed E-state index contributed by atoms with van der Waals surface area (Å²) in [7, 11) is 1.37. The molecule has 31 heavy (non-hydrogen) atoms. The monoisotopic (exact) mass is 463 g/mol. The molecule has 1 aromatic carbocycles. The molecule has 1 N–H and O–H groups in total. The fraction of sp³-hybridized carbons (Fsp3) is 0.391. The van der Waals surface area contributed by atoms with Gasteiger partial charge in [0.2, 0.25) is 0 Å². The third kappa shape index (κ3) is 6.08. The summed E-state index contributed by atoms with van der Waals surface area (Å²) in [5.41, 5.74) is 4.11. The average molecular weight is 464 g/mol. The Labute approximate surface area is 191 Å². The minimum absolute atomic E-state index is 0.215. The Kier molecular flexibility index (Phi) is 8.49. The van der Waals surface area contributed by atoms with E-state index in [0.717, 1.165) is 52.4 Å². The molecule has 2 aliphatic rings. The van der Waals surface area contributed by atoms with E-state index >= 15 is 0 Å². The lowest BCUT2D eigenvalue weighted by atomic mass is 10.0. The van der Waals surface area contributed by atoms with Crippen LogP contribution in [-0.4, -0.2) is 43.2 Å². The third-order valence-corrected chi connectivity index (χ3v) is 6.50. The summed E-state index contributed by atoms with van der Waals surface area (Å²) in [6.45, 7) is 3.12. The lowest BCUT2D eigenvalue weighted by Crippen LogP contribution is -2.13. The molecule has 0 saturated heterocycles. The van der Waals surface area contributed by atoms with E-state index < -0.39 is 0 Å². The molecule has 1 aromatic rings. The number of fused-ring (bicyclic) bond motifs is 1. The number of halogens is 1. The summed E-state index contributed by atoms with van der Waals surface area (Å²) >= 11 is 8.02. The van der Waals surface area contributed by atoms with Crippen molar-refractivity contribution in [2.24, 2.45) is 5.16 Å². The Hall–Kier alpha value is -2.38. The molecular formula is C23H26ClNO5S. The van der Waals surface area contributed by atoms with Gasteiger partial charge in [0, 0.05) is 27.9 Å². The van der Waals surface area contributed by atoms with Crippen molar-refractivity contribution in [1.29, 1.82) is 0 Å². The van der Waals surface area contributed by atoms with Crippen LogP contribution in [0.5, 0.6) is 0 Å². The van der Waals surface area contributed by atoms with Gasteiger partial charge in [0.05, 0.1) is 25.2 Å². The van der Waals surface area contributed by atoms with Crippen molar-refractivity contribution in [2.75, 3.05) is 26.1 Å². The Balaban J connectivity index is 1.51. The molecule has 0 radical (unpaired) electrons. The number of allylic oxidation sites excluding steroid dienone is 2. The molecule has 0 atom stereocenters. The zero-order valence-electron chi connectivity index (χ0n) is 17.7. The van der Waals surface area contributed by atoms with E-state index in [2.05, 4.69) is 16.8 Å². The lowest BCUT2D eigenvalue weighted by Gasteiger charge is -2.16. The van der Waals surface area contributed by atoms with Crippen LogP contribution in [0.4, 0.5) is 0 Å². The van der Waals surface area contributed by atoms with Gasteiger partial charge >= 0.3 is 5.97 Å². The predicted molar refractivity (Wildman–Crippen MR) is 122 cm³/mol. The molecule has 1 aliphatic carbocycles. The Morgan fingerprint density at radius 2 is 2.19 bits per heavy atom. The van der Waals surface area contributed by atoms with Gasteiger partial charge in [-0.25, -0.2) is 0 Å². The molecular weight excluding hydrogens is 438 g/mol. The Morgan fingerprint density at radius 1 is 1.35 bits per heavy atom. The summed E-state index contributed by atoms with van der Waals surface area (Å²) in [6.07, 6.45) is 6.72. The fourth-order valence-electron chi connectivity index (χ4n) is 3.40. The molecule has 0 saturated carbocycles. The molecule has 6 nitrogen and oxygen atoms in total. The second kappa shape index (κ2) is 11.3. The summed E-state index contributed by atoms with van der Waals surface area (Å²) in [6, 6.07) is 5.65. The number of oxime groups is 1. The van der Waals surface area contributed by atoms with E-state index in [0.29, 0.717) is 18.2 Å². The highest BCUT2D eigenvalue weighted by Crippen LogP contribution is 2.36. The Morgan fingerprint density at radius 3 is 2.90 bits per heavy atom. The number of rotatable bonds is 10. The molecule has 3 rings (SSSR count). The molecule has 1 heterocycles. The maximum atomic E-state index is 11.4. The van der Waals surface area contributed by atoms with E-state index in [1.165, 1.54) is 12.7 Å². The average Bonchev–Trinajstić information content (AvgIpc) is 3.11. The summed E-state index contributed by atoms with van der Waals surface area (Å²) in [4.78, 5) is 12.4. The van der Waals surface area contributed by atoms with Crippen LogP contribution in [0.3, 0.4) is 0 Å². The second-order valence-electron chi connectivity index (χ2n) is 7.11. The van der Waals surface area contributed by atoms with E-state index in [1.54, 1.807) is 17.8 Å². The molecule has 0 amide bonds. The van der Waals surface area contributed by atoms with Gasteiger partial charge in [-0.1, -0.05) is 31.0 Å². The van der Waals surface area contributed by atoms with Crippen molar-refractivity contribution < 1.29 is 24.2 Å². The largest absolute Gasteiger partial charge is 0.493 e. The van der Waals surface area contributed by atoms with Crippen molar-refractivity contribution in [3.8, 4) is 0 Å². The number of carbonyl (C=O) groups is 1. The number of ether oxygens (including phenoxy) is 3. The van der Waals surface area contributed by atoms with E-state index in [4.69, 9.17) is 26.3 Å². The Bertz CT molecular complexity index is 951. The van der Waals surface area contributed by atoms with Gasteiger partial charge in [0.1, 0.15) is 12.4 Å². The SMILES string of the molecule is CCCC1=C2COC(=NO)C=C2C=C1OCCCSc1ccc(CC(=O)OC)cc1Cl. The number of hydrogen-bond acceptors (Lipinski definition) is 7. The zero-order valence-corrected chi connectivity index (χ0v) is 19.2. The number of nitrogens with zero attached hydrogens (tertiary/aromatic N) is 1. The standard InChI is InChI=1S/C23H26ClNO5S/c1-3-5-17-18-14-30-22(25-27)13-16(18)12-20(17)29-8-4-9-31-21-7-6-15(10-19(21)24)11-23(26)28-2/h6-7,10,12-13,27H,3-5,8-9,11,14H2,1-2H3. The van der Waals surface area contributed by atoms with Crippen LogP contribution in [-0.2, 0) is 25.4 Å². The first-order valence-corrected chi connectivity index (χ1v) is 11.5. The van der Waals surface area contributed by atoms with Crippen LogP contribution in [0.1, 0.15) is 31.7 Å². The summed E-state index contributed by atoms with van der Waals surface area (Å²) in [5, 5.41) is 12.7. The molecule has 0 spiro atoms. The number of benzene rings is 1. The highest BCUT2D eigenvalue weighted by Gasteiger charge is 2.26. The second-order valence-corrected chi connectivity index (χ2v) is 8.65. The number of methoxy groups -OCH3 is 1. The van der Waals surface area contributed by atoms with Crippen molar-refractivity contribution in [3.05, 3.63) is 63.4 Å². The van der Waals surface area contributed by atoms with E-state index in [-0.39, 0.29) is 18.3 Å². The number of hydrogen-bond donors (Lipinski definition) is 1. The smallest absolute Gasteiger partial charge is 0.309 e. The number of thioether (sulfide) groups is 1. The first-order chi connectivity index (χ1) is 15.0. The molecule has 0 aromatic heterocycles. The predicted octanol–water partition coefficient (Wildman–Crippen LogP) is 5.29.